The van der Waals surface area contributed by atoms with E-state index >= 15 is 0 Å². The van der Waals surface area contributed by atoms with Crippen LogP contribution in [0, 0.1) is 11.8 Å². The summed E-state index contributed by atoms with van der Waals surface area (Å²) in [5.74, 6) is -1.83. The Morgan fingerprint density at radius 1 is 0.786 bits per heavy atom. The van der Waals surface area contributed by atoms with E-state index in [-0.39, 0.29) is 52.9 Å². The van der Waals surface area contributed by atoms with Crippen molar-refractivity contribution < 1.29 is 28.4 Å². The first kappa shape index (κ1) is 39.3. The van der Waals surface area contributed by atoms with Gasteiger partial charge in [-0.25, -0.2) is 15.0 Å². The second-order valence-corrected chi connectivity index (χ2v) is 17.3. The molecule has 14 nitrogen and oxygen atoms in total. The van der Waals surface area contributed by atoms with Crippen LogP contribution in [0.25, 0.3) is 11.6 Å². The molecule has 3 aromatic heterocycles. The van der Waals surface area contributed by atoms with E-state index < -0.39 is 36.0 Å². The monoisotopic (exact) mass is 800 g/mol. The first-order valence-electron chi connectivity index (χ1n) is 19.3. The molecule has 7 rings (SSSR count). The van der Waals surface area contributed by atoms with Crippen LogP contribution in [0.1, 0.15) is 108 Å². The van der Waals surface area contributed by atoms with Crippen molar-refractivity contribution in [2.75, 3.05) is 20.1 Å². The van der Waals surface area contributed by atoms with Crippen molar-refractivity contribution in [3.8, 4) is 11.6 Å². The van der Waals surface area contributed by atoms with Crippen LogP contribution in [0.4, 0.5) is 0 Å². The van der Waals surface area contributed by atoms with Crippen LogP contribution < -0.4 is 10.6 Å². The second-order valence-electron chi connectivity index (χ2n) is 15.6. The van der Waals surface area contributed by atoms with Crippen molar-refractivity contribution in [3.05, 3.63) is 74.3 Å². The summed E-state index contributed by atoms with van der Waals surface area (Å²) in [6.45, 7) is 8.63. The fourth-order valence-corrected chi connectivity index (χ4v) is 9.80. The van der Waals surface area contributed by atoms with Gasteiger partial charge in [-0.15, -0.1) is 22.7 Å². The molecule has 3 aliphatic rings. The number of oxazole rings is 1. The molecule has 2 fully saturated rings. The Hall–Kier alpha value is -4.96. The van der Waals surface area contributed by atoms with Crippen molar-refractivity contribution in [1.29, 1.82) is 0 Å². The van der Waals surface area contributed by atoms with Gasteiger partial charge in [0.15, 0.2) is 5.69 Å². The molecule has 6 bridgehead atoms. The number of hydrogen-bond acceptors (Lipinski definition) is 11. The second kappa shape index (κ2) is 16.6. The number of hydrogen-bond donors (Lipinski definition) is 2. The molecule has 0 radical (unpaired) electrons. The lowest BCUT2D eigenvalue weighted by Crippen LogP contribution is -2.56. The lowest BCUT2D eigenvalue weighted by atomic mass is 9.99. The maximum absolute atomic E-state index is 14.3. The van der Waals surface area contributed by atoms with Gasteiger partial charge >= 0.3 is 0 Å². The number of likely N-dealkylation sites (N-methyl/N-ethyl adjacent to an activating group) is 1. The molecule has 56 heavy (non-hydrogen) atoms. The summed E-state index contributed by atoms with van der Waals surface area (Å²) >= 11 is 2.64. The minimum atomic E-state index is -0.874. The molecule has 5 atom stereocenters. The summed E-state index contributed by atoms with van der Waals surface area (Å²) in [6, 6.07) is 6.27. The number of nitrogens with one attached hydrogen (secondary N) is 2. The largest absolute Gasteiger partial charge is 0.442 e. The normalized spacial score (nSPS) is 24.0. The molecule has 0 spiro atoms. The Morgan fingerprint density at radius 2 is 1.46 bits per heavy atom. The van der Waals surface area contributed by atoms with Gasteiger partial charge in [-0.05, 0) is 55.9 Å². The fraction of sp³-hybridized carbons (Fsp3) is 0.500. The van der Waals surface area contributed by atoms with E-state index in [1.54, 1.807) is 22.7 Å². The predicted molar refractivity (Wildman–Crippen MR) is 211 cm³/mol. The van der Waals surface area contributed by atoms with Gasteiger partial charge in [-0.2, -0.15) is 0 Å². The van der Waals surface area contributed by atoms with Crippen LogP contribution in [0.15, 0.2) is 51.8 Å². The average molecular weight is 801 g/mol. The maximum Gasteiger partial charge on any atom is 0.276 e. The van der Waals surface area contributed by atoms with Crippen LogP contribution in [0.3, 0.4) is 0 Å². The van der Waals surface area contributed by atoms with Gasteiger partial charge in [0.1, 0.15) is 45.8 Å². The summed E-state index contributed by atoms with van der Waals surface area (Å²) < 4.78 is 5.77. The third-order valence-corrected chi connectivity index (χ3v) is 12.6. The van der Waals surface area contributed by atoms with Crippen molar-refractivity contribution in [1.82, 2.24) is 40.3 Å². The molecule has 4 aromatic rings. The quantitative estimate of drug-likeness (QED) is 0.273. The van der Waals surface area contributed by atoms with Crippen molar-refractivity contribution in [2.24, 2.45) is 11.8 Å². The Balaban J connectivity index is 1.27. The van der Waals surface area contributed by atoms with Gasteiger partial charge in [-0.1, -0.05) is 58.0 Å². The van der Waals surface area contributed by atoms with E-state index in [1.807, 2.05) is 58.0 Å². The molecule has 1 aromatic carbocycles. The molecule has 0 aliphatic carbocycles. The van der Waals surface area contributed by atoms with Gasteiger partial charge < -0.3 is 29.8 Å². The van der Waals surface area contributed by atoms with Crippen LogP contribution in [0.5, 0.6) is 0 Å². The highest BCUT2D eigenvalue weighted by Crippen LogP contribution is 2.37. The van der Waals surface area contributed by atoms with Crippen molar-refractivity contribution in [2.45, 2.75) is 96.4 Å². The Bertz CT molecular complexity index is 2080. The molecule has 6 heterocycles. The van der Waals surface area contributed by atoms with E-state index in [0.717, 1.165) is 12.0 Å². The van der Waals surface area contributed by atoms with E-state index in [1.165, 1.54) is 38.7 Å². The average Bonchev–Trinajstić information content (AvgIpc) is 4.02. The third kappa shape index (κ3) is 8.12. The minimum absolute atomic E-state index is 0.0565. The van der Waals surface area contributed by atoms with E-state index in [0.29, 0.717) is 60.9 Å². The SMILES string of the molecule is CC(C)C[C@@H]1NC(=O)c2csc(n2)[C@H](Cc2ccccc2)NC(=O)[C@H](C(C)C)N(C)C(=O)[C@@H]2CCCN2C(=O)c2coc(n2)-c2csc(n2)[C@@H]2CCCN2C1=O. The Kier molecular flexibility index (Phi) is 11.7. The van der Waals surface area contributed by atoms with E-state index in [4.69, 9.17) is 14.4 Å². The van der Waals surface area contributed by atoms with E-state index in [2.05, 4.69) is 15.6 Å². The summed E-state index contributed by atoms with van der Waals surface area (Å²) in [5, 5.41) is 10.8. The first-order chi connectivity index (χ1) is 26.9. The summed E-state index contributed by atoms with van der Waals surface area (Å²) in [4.78, 5) is 89.4. The molecular weight excluding hydrogens is 753 g/mol. The van der Waals surface area contributed by atoms with Crippen LogP contribution in [0.2, 0.25) is 0 Å². The lowest BCUT2D eigenvalue weighted by molar-refractivity contribution is -0.143. The number of aromatic nitrogens is 3. The van der Waals surface area contributed by atoms with Crippen LogP contribution >= 0.6 is 22.7 Å². The number of rotatable bonds is 5. The smallest absolute Gasteiger partial charge is 0.276 e. The standard InChI is InChI=1S/C40H48N8O6S2/c1-22(2)17-26-38(51)47-15-9-13-30(47)37-45-29(21-56-37)35-43-27(19-54-35)39(52)48-16-10-14-31(48)40(53)46(5)32(23(3)4)34(50)41-25(18-24-11-7-6-8-12-24)36-44-28(20-55-36)33(49)42-26/h6-8,11-12,19-23,25-26,30-32H,9-10,13-18H2,1-5H3,(H,41,50)(H,42,49)/t25-,26-,30-,31-,32-/m0/s1. The number of amides is 5. The number of nitrogens with zero attached hydrogens (tertiary/aromatic N) is 6. The zero-order valence-electron chi connectivity index (χ0n) is 32.3. The van der Waals surface area contributed by atoms with Gasteiger partial charge in [0.25, 0.3) is 11.8 Å². The molecule has 0 saturated carbocycles. The van der Waals surface area contributed by atoms with Crippen molar-refractivity contribution in [3.63, 3.8) is 0 Å². The first-order valence-corrected chi connectivity index (χ1v) is 21.1. The van der Waals surface area contributed by atoms with Crippen molar-refractivity contribution >= 4 is 52.2 Å². The fourth-order valence-electron chi connectivity index (χ4n) is 8.01. The number of fused-ring (bicyclic) bond motifs is 10. The highest BCUT2D eigenvalue weighted by atomic mass is 32.1. The Labute approximate surface area is 334 Å². The molecule has 296 valence electrons. The van der Waals surface area contributed by atoms with Gasteiger partial charge in [0.05, 0.1) is 12.1 Å². The summed E-state index contributed by atoms with van der Waals surface area (Å²) in [7, 11) is 1.60. The van der Waals surface area contributed by atoms with Gasteiger partial charge in [0, 0.05) is 30.9 Å². The summed E-state index contributed by atoms with van der Waals surface area (Å²) in [5.41, 5.74) is 1.60. The number of carbonyl (C=O) groups is 5. The molecule has 5 amide bonds. The zero-order chi connectivity index (χ0) is 39.7. The number of carbonyl (C=O) groups excluding carboxylic acids is 5. The number of thiazole rings is 2. The van der Waals surface area contributed by atoms with E-state index in [9.17, 15) is 24.0 Å². The highest BCUT2D eigenvalue weighted by molar-refractivity contribution is 7.10. The molecule has 2 saturated heterocycles. The third-order valence-electron chi connectivity index (χ3n) is 10.7. The zero-order valence-corrected chi connectivity index (χ0v) is 33.9. The van der Waals surface area contributed by atoms with Gasteiger partial charge in [-0.3, -0.25) is 24.0 Å². The van der Waals surface area contributed by atoms with Crippen LogP contribution in [-0.4, -0.2) is 97.5 Å². The maximum atomic E-state index is 14.3. The predicted octanol–water partition coefficient (Wildman–Crippen LogP) is 5.26. The molecule has 3 aliphatic heterocycles. The van der Waals surface area contributed by atoms with Gasteiger partial charge in [0.2, 0.25) is 23.6 Å². The molecule has 16 heteroatoms. The highest BCUT2D eigenvalue weighted by Gasteiger charge is 2.42. The Morgan fingerprint density at radius 3 is 2.20 bits per heavy atom. The molecular formula is C40H48N8O6S2. The summed E-state index contributed by atoms with van der Waals surface area (Å²) in [6.07, 6.45) is 4.63. The molecule has 2 N–H and O–H groups in total. The topological polar surface area (TPSA) is 171 Å². The lowest BCUT2D eigenvalue weighted by Gasteiger charge is -2.35. The number of benzene rings is 1. The molecule has 0 unspecified atom stereocenters. The minimum Gasteiger partial charge on any atom is -0.442 e. The van der Waals surface area contributed by atoms with Crippen LogP contribution in [-0.2, 0) is 20.8 Å².